The van der Waals surface area contributed by atoms with Gasteiger partial charge in [0, 0.05) is 52.5 Å². The zero-order valence-electron chi connectivity index (χ0n) is 31.4. The third-order valence-electron chi connectivity index (χ3n) is 11.3. The average molecular weight is 697 g/mol. The van der Waals surface area contributed by atoms with Gasteiger partial charge < -0.3 is 20.2 Å². The van der Waals surface area contributed by atoms with Crippen molar-refractivity contribution >= 4 is 34.8 Å². The second-order valence-electron chi connectivity index (χ2n) is 15.6. The van der Waals surface area contributed by atoms with Crippen LogP contribution in [0.2, 0.25) is 0 Å². The Bertz CT molecular complexity index is 1780. The summed E-state index contributed by atoms with van der Waals surface area (Å²) in [5, 5.41) is 34.3. The zero-order valence-corrected chi connectivity index (χ0v) is 31.4. The van der Waals surface area contributed by atoms with Crippen LogP contribution in [0.15, 0.2) is 59.5 Å². The maximum absolute atomic E-state index is 14.3. The van der Waals surface area contributed by atoms with Gasteiger partial charge in [-0.15, -0.1) is 5.76 Å². The molecule has 1 atom stereocenters. The number of carboxylic acid groups (broad SMARTS) is 2. The molecule has 0 fully saturated rings. The fraction of sp³-hybridized carbons (Fsp3) is 0.535. The molecule has 1 aliphatic carbocycles. The third-order valence-corrected chi connectivity index (χ3v) is 11.3. The SMILES string of the molecule is CCCCCCCCN1/C(=C\C2=C([O-])C(C3=[N+](CCCCCCCC)c4ccc(C(=O)O)cc4C3(C)C)C2=O)C(C)(C)c2c(C(=O)O)cccc21. The highest BCUT2D eigenvalue weighted by atomic mass is 16.4. The first-order chi connectivity index (χ1) is 24.3. The van der Waals surface area contributed by atoms with Crippen molar-refractivity contribution in [2.45, 2.75) is 129 Å². The molecule has 0 aromatic heterocycles. The number of carboxylic acids is 2. The fourth-order valence-corrected chi connectivity index (χ4v) is 8.56. The molecule has 0 bridgehead atoms. The van der Waals surface area contributed by atoms with Crippen molar-refractivity contribution in [1.29, 1.82) is 0 Å². The standard InChI is InChI=1S/C43H56N2O6/c1-7-9-11-13-15-17-24-44-33-21-19-20-29(41(50)51)36(33)43(5,6)34(44)27-30-37(46)35(38(30)47)39-42(3,4)31-26-28(40(48)49)22-23-32(31)45(39)25-18-16-14-12-10-8-2/h19-23,26-27,35H,7-18,24-25H2,1-6H3,(H2-,46,47,48,49,50,51)/b34-27-. The molecule has 2 N–H and O–H groups in total. The Hall–Kier alpha value is -4.20. The molecule has 8 heteroatoms. The second-order valence-corrected chi connectivity index (χ2v) is 15.6. The molecular weight excluding hydrogens is 640 g/mol. The molecule has 51 heavy (non-hydrogen) atoms. The van der Waals surface area contributed by atoms with Crippen LogP contribution in [0.4, 0.5) is 11.4 Å². The van der Waals surface area contributed by atoms with Crippen LogP contribution in [0.5, 0.6) is 0 Å². The Morgan fingerprint density at radius 3 is 2.08 bits per heavy atom. The van der Waals surface area contributed by atoms with Crippen LogP contribution in [0, 0.1) is 5.92 Å². The maximum Gasteiger partial charge on any atom is 0.336 e. The van der Waals surface area contributed by atoms with E-state index in [0.717, 1.165) is 66.9 Å². The lowest BCUT2D eigenvalue weighted by Gasteiger charge is -2.38. The van der Waals surface area contributed by atoms with Crippen LogP contribution in [0.25, 0.3) is 0 Å². The molecule has 2 aromatic carbocycles. The molecule has 2 heterocycles. The summed E-state index contributed by atoms with van der Waals surface area (Å²) >= 11 is 0. The van der Waals surface area contributed by atoms with Crippen LogP contribution in [-0.4, -0.2) is 51.3 Å². The minimum atomic E-state index is -1.01. The van der Waals surface area contributed by atoms with Crippen molar-refractivity contribution in [1.82, 2.24) is 0 Å². The Kier molecular flexibility index (Phi) is 11.6. The monoisotopic (exact) mass is 696 g/mol. The second kappa shape index (κ2) is 15.6. The zero-order chi connectivity index (χ0) is 37.1. The number of hydrogen-bond donors (Lipinski definition) is 2. The molecule has 2 aliphatic heterocycles. The van der Waals surface area contributed by atoms with Gasteiger partial charge in [-0.05, 0) is 57.0 Å². The number of aromatic carboxylic acids is 2. The fourth-order valence-electron chi connectivity index (χ4n) is 8.56. The summed E-state index contributed by atoms with van der Waals surface area (Å²) in [4.78, 5) is 40.8. The van der Waals surface area contributed by atoms with E-state index in [1.54, 1.807) is 30.3 Å². The van der Waals surface area contributed by atoms with Crippen molar-refractivity contribution < 1.29 is 34.3 Å². The number of rotatable bonds is 18. The molecule has 274 valence electrons. The summed E-state index contributed by atoms with van der Waals surface area (Å²) in [6.45, 7) is 13.6. The summed E-state index contributed by atoms with van der Waals surface area (Å²) in [6, 6.07) is 10.5. The minimum Gasteiger partial charge on any atom is -0.874 e. The number of anilines is 1. The van der Waals surface area contributed by atoms with Gasteiger partial charge in [0.2, 0.25) is 5.69 Å². The number of carbonyl (C=O) groups excluding carboxylic acids is 1. The number of fused-ring (bicyclic) bond motifs is 2. The van der Waals surface area contributed by atoms with Crippen LogP contribution in [0.3, 0.4) is 0 Å². The lowest BCUT2D eigenvalue weighted by atomic mass is 9.68. The van der Waals surface area contributed by atoms with Crippen LogP contribution in [-0.2, 0) is 15.6 Å². The van der Waals surface area contributed by atoms with E-state index >= 15 is 0 Å². The number of allylic oxidation sites excluding steroid dienone is 4. The van der Waals surface area contributed by atoms with Gasteiger partial charge in [-0.25, -0.2) is 9.59 Å². The average Bonchev–Trinajstić information content (AvgIpc) is 3.44. The van der Waals surface area contributed by atoms with E-state index in [1.165, 1.54) is 38.5 Å². The smallest absolute Gasteiger partial charge is 0.336 e. The first-order valence-electron chi connectivity index (χ1n) is 19.1. The lowest BCUT2D eigenvalue weighted by Crippen LogP contribution is -2.49. The number of carbonyl (C=O) groups is 3. The number of unbranched alkanes of at least 4 members (excludes halogenated alkanes) is 10. The van der Waals surface area contributed by atoms with Crippen molar-refractivity contribution in [3.05, 3.63) is 81.8 Å². The third kappa shape index (κ3) is 7.16. The molecule has 0 radical (unpaired) electrons. The molecule has 1 unspecified atom stereocenters. The molecule has 3 aliphatic rings. The predicted molar refractivity (Wildman–Crippen MR) is 200 cm³/mol. The number of hydrogen-bond acceptors (Lipinski definition) is 5. The van der Waals surface area contributed by atoms with Gasteiger partial charge in [0.05, 0.1) is 16.5 Å². The highest BCUT2D eigenvalue weighted by Gasteiger charge is 2.54. The quantitative estimate of drug-likeness (QED) is 0.118. The van der Waals surface area contributed by atoms with Gasteiger partial charge in [0.15, 0.2) is 11.5 Å². The number of nitrogens with zero attached hydrogens (tertiary/aromatic N) is 2. The normalized spacial score (nSPS) is 19.5. The molecule has 0 saturated carbocycles. The highest BCUT2D eigenvalue weighted by molar-refractivity contribution is 6.23. The first-order valence-corrected chi connectivity index (χ1v) is 19.1. The number of benzene rings is 2. The molecule has 5 rings (SSSR count). The molecule has 0 spiro atoms. The largest absolute Gasteiger partial charge is 0.874 e. The van der Waals surface area contributed by atoms with E-state index in [4.69, 9.17) is 0 Å². The number of ketones is 1. The molecule has 8 nitrogen and oxygen atoms in total. The van der Waals surface area contributed by atoms with Crippen molar-refractivity contribution in [2.24, 2.45) is 5.92 Å². The van der Waals surface area contributed by atoms with Gasteiger partial charge in [-0.3, -0.25) is 4.79 Å². The van der Waals surface area contributed by atoms with Crippen molar-refractivity contribution in [2.75, 3.05) is 18.0 Å². The van der Waals surface area contributed by atoms with E-state index in [9.17, 15) is 29.7 Å². The van der Waals surface area contributed by atoms with Gasteiger partial charge >= 0.3 is 11.9 Å². The molecule has 2 aromatic rings. The van der Waals surface area contributed by atoms with Crippen LogP contribution >= 0.6 is 0 Å². The Labute approximate surface area is 303 Å². The summed E-state index contributed by atoms with van der Waals surface area (Å²) in [7, 11) is 0. The molecule has 0 amide bonds. The van der Waals surface area contributed by atoms with Crippen molar-refractivity contribution in [3.8, 4) is 0 Å². The lowest BCUT2D eigenvalue weighted by molar-refractivity contribution is -0.442. The van der Waals surface area contributed by atoms with Crippen LogP contribution in [0.1, 0.15) is 150 Å². The van der Waals surface area contributed by atoms with E-state index < -0.39 is 28.7 Å². The summed E-state index contributed by atoms with van der Waals surface area (Å²) in [5.41, 5.74) is 3.75. The van der Waals surface area contributed by atoms with Gasteiger partial charge in [-0.2, -0.15) is 4.58 Å². The van der Waals surface area contributed by atoms with E-state index in [0.29, 0.717) is 18.7 Å². The topological polar surface area (TPSA) is 121 Å². The first kappa shape index (κ1) is 38.0. The van der Waals surface area contributed by atoms with Crippen LogP contribution < -0.4 is 10.0 Å². The van der Waals surface area contributed by atoms with E-state index in [2.05, 4.69) is 23.3 Å². The van der Waals surface area contributed by atoms with E-state index in [-0.39, 0.29) is 28.2 Å². The molecule has 0 saturated heterocycles. The molecular formula is C43H56N2O6. The summed E-state index contributed by atoms with van der Waals surface area (Å²) in [5.74, 6) is -3.44. The Morgan fingerprint density at radius 2 is 1.47 bits per heavy atom. The minimum absolute atomic E-state index is 0.144. The van der Waals surface area contributed by atoms with Crippen molar-refractivity contribution in [3.63, 3.8) is 0 Å². The predicted octanol–water partition coefficient (Wildman–Crippen LogP) is 8.68. The van der Waals surface area contributed by atoms with Gasteiger partial charge in [0.25, 0.3) is 0 Å². The Balaban J connectivity index is 1.54. The maximum atomic E-state index is 14.3. The summed E-state index contributed by atoms with van der Waals surface area (Å²) < 4.78 is 2.12. The van der Waals surface area contributed by atoms with Gasteiger partial charge in [-0.1, -0.05) is 91.5 Å². The summed E-state index contributed by atoms with van der Waals surface area (Å²) in [6.07, 6.45) is 14.9. The van der Waals surface area contributed by atoms with Gasteiger partial charge in [0.1, 0.15) is 12.5 Å². The Morgan fingerprint density at radius 1 is 0.843 bits per heavy atom. The van der Waals surface area contributed by atoms with E-state index in [1.807, 2.05) is 39.8 Å². The highest BCUT2D eigenvalue weighted by Crippen LogP contribution is 2.51. The number of Topliss-reactive ketones (excluding diaryl/α,β-unsaturated/α-hetero) is 1.